The van der Waals surface area contributed by atoms with Gasteiger partial charge in [0.15, 0.2) is 5.96 Å². The van der Waals surface area contributed by atoms with Crippen LogP contribution in [0.1, 0.15) is 36.7 Å². The summed E-state index contributed by atoms with van der Waals surface area (Å²) in [6.07, 6.45) is 6.96. The molecule has 1 saturated heterocycles. The molecular weight excluding hydrogens is 342 g/mol. The third-order valence-corrected chi connectivity index (χ3v) is 4.98. The summed E-state index contributed by atoms with van der Waals surface area (Å²) in [5.74, 6) is 1.14. The average Bonchev–Trinajstić information content (AvgIpc) is 2.68. The van der Waals surface area contributed by atoms with E-state index in [4.69, 9.17) is 0 Å². The number of aliphatic imine (C=N–C) groups is 1. The second-order valence-corrected chi connectivity index (χ2v) is 7.02. The molecule has 0 amide bonds. The number of rotatable bonds is 4. The zero-order chi connectivity index (χ0) is 18.6. The summed E-state index contributed by atoms with van der Waals surface area (Å²) < 4.78 is 1.60. The molecule has 2 aromatic heterocycles. The molecule has 1 fully saturated rings. The molecule has 2 aliphatic rings. The molecule has 4 rings (SSSR count). The van der Waals surface area contributed by atoms with E-state index >= 15 is 0 Å². The monoisotopic (exact) mass is 367 g/mol. The fourth-order valence-electron chi connectivity index (χ4n) is 3.62. The third-order valence-electron chi connectivity index (χ3n) is 4.98. The highest BCUT2D eigenvalue weighted by Gasteiger charge is 2.26. The molecule has 0 radical (unpaired) electrons. The zero-order valence-corrected chi connectivity index (χ0v) is 15.6. The number of hydrogen-bond acceptors (Lipinski definition) is 5. The summed E-state index contributed by atoms with van der Waals surface area (Å²) in [6.45, 7) is 5.77. The average molecular weight is 367 g/mol. The number of fused-ring (bicyclic) bond motifs is 1. The molecule has 0 bridgehead atoms. The van der Waals surface area contributed by atoms with Gasteiger partial charge in [0.05, 0.1) is 6.54 Å². The van der Waals surface area contributed by atoms with Crippen LogP contribution in [0.5, 0.6) is 0 Å². The number of nitrogens with one attached hydrogen (secondary N) is 2. The SMILES string of the molecule is Cc1cc(=O)n2c(n1)NC(=NCCN1CCCCC1)NC2c1cccnc1. The van der Waals surface area contributed by atoms with Gasteiger partial charge in [-0.1, -0.05) is 12.5 Å². The van der Waals surface area contributed by atoms with Crippen LogP contribution in [0.25, 0.3) is 0 Å². The van der Waals surface area contributed by atoms with E-state index in [0.29, 0.717) is 24.1 Å². The molecule has 27 heavy (non-hydrogen) atoms. The Balaban J connectivity index is 1.58. The number of aryl methyl sites for hydroxylation is 1. The minimum atomic E-state index is -0.385. The standard InChI is InChI=1S/C19H25N7O/c1-14-12-16(27)26-17(15-6-5-7-20-13-15)23-18(24-19(26)22-14)21-8-11-25-9-3-2-4-10-25/h5-7,12-13,17H,2-4,8-11H2,1H3,(H2,21,22,23,24). The van der Waals surface area contributed by atoms with E-state index in [1.807, 2.05) is 19.1 Å². The van der Waals surface area contributed by atoms with Crippen molar-refractivity contribution in [2.24, 2.45) is 4.99 Å². The minimum absolute atomic E-state index is 0.112. The van der Waals surface area contributed by atoms with Gasteiger partial charge in [0.1, 0.15) is 6.17 Å². The van der Waals surface area contributed by atoms with Crippen LogP contribution in [0.15, 0.2) is 40.4 Å². The van der Waals surface area contributed by atoms with E-state index in [9.17, 15) is 4.79 Å². The lowest BCUT2D eigenvalue weighted by atomic mass is 10.1. The first-order valence-electron chi connectivity index (χ1n) is 9.51. The summed E-state index contributed by atoms with van der Waals surface area (Å²) in [6, 6.07) is 5.34. The molecule has 0 aliphatic carbocycles. The summed E-state index contributed by atoms with van der Waals surface area (Å²) in [5.41, 5.74) is 1.45. The van der Waals surface area contributed by atoms with Gasteiger partial charge in [-0.05, 0) is 38.9 Å². The molecular formula is C19H25N7O. The maximum Gasteiger partial charge on any atom is 0.257 e. The fourth-order valence-corrected chi connectivity index (χ4v) is 3.62. The quantitative estimate of drug-likeness (QED) is 0.848. The van der Waals surface area contributed by atoms with Crippen molar-refractivity contribution in [1.82, 2.24) is 24.8 Å². The number of likely N-dealkylation sites (tertiary alicyclic amines) is 1. The second kappa shape index (κ2) is 7.87. The molecule has 0 saturated carbocycles. The Morgan fingerprint density at radius 2 is 2.15 bits per heavy atom. The van der Waals surface area contributed by atoms with Crippen molar-refractivity contribution in [1.29, 1.82) is 0 Å². The van der Waals surface area contributed by atoms with Gasteiger partial charge in [-0.15, -0.1) is 0 Å². The number of aromatic nitrogens is 3. The molecule has 1 unspecified atom stereocenters. The highest BCUT2D eigenvalue weighted by Crippen LogP contribution is 2.20. The summed E-state index contributed by atoms with van der Waals surface area (Å²) in [4.78, 5) is 28.4. The fraction of sp³-hybridized carbons (Fsp3) is 0.474. The van der Waals surface area contributed by atoms with Crippen LogP contribution in [0, 0.1) is 6.92 Å². The van der Waals surface area contributed by atoms with Crippen molar-refractivity contribution in [3.63, 3.8) is 0 Å². The van der Waals surface area contributed by atoms with Crippen LogP contribution in [-0.4, -0.2) is 51.6 Å². The van der Waals surface area contributed by atoms with Crippen LogP contribution in [0.2, 0.25) is 0 Å². The first kappa shape index (κ1) is 17.7. The smallest absolute Gasteiger partial charge is 0.257 e. The van der Waals surface area contributed by atoms with Gasteiger partial charge >= 0.3 is 0 Å². The van der Waals surface area contributed by atoms with Crippen LogP contribution >= 0.6 is 0 Å². The maximum absolute atomic E-state index is 12.6. The minimum Gasteiger partial charge on any atom is -0.331 e. The number of hydrogen-bond donors (Lipinski definition) is 2. The van der Waals surface area contributed by atoms with Gasteiger partial charge in [0.25, 0.3) is 5.56 Å². The molecule has 2 N–H and O–H groups in total. The van der Waals surface area contributed by atoms with Crippen molar-refractivity contribution < 1.29 is 0 Å². The van der Waals surface area contributed by atoms with Crippen LogP contribution in [-0.2, 0) is 0 Å². The van der Waals surface area contributed by atoms with Gasteiger partial charge in [-0.3, -0.25) is 24.7 Å². The van der Waals surface area contributed by atoms with Gasteiger partial charge in [0.2, 0.25) is 5.95 Å². The number of nitrogens with zero attached hydrogens (tertiary/aromatic N) is 5. The normalized spacial score (nSPS) is 21.4. The zero-order valence-electron chi connectivity index (χ0n) is 15.6. The Hall–Kier alpha value is -2.74. The maximum atomic E-state index is 12.6. The van der Waals surface area contributed by atoms with Crippen molar-refractivity contribution in [2.75, 3.05) is 31.5 Å². The number of anilines is 1. The predicted octanol–water partition coefficient (Wildman–Crippen LogP) is 1.35. The Morgan fingerprint density at radius 1 is 1.30 bits per heavy atom. The molecule has 142 valence electrons. The summed E-state index contributed by atoms with van der Waals surface area (Å²) in [5, 5.41) is 6.50. The highest BCUT2D eigenvalue weighted by atomic mass is 16.1. The number of pyridine rings is 1. The van der Waals surface area contributed by atoms with Crippen molar-refractivity contribution >= 4 is 11.9 Å². The van der Waals surface area contributed by atoms with E-state index < -0.39 is 0 Å². The Labute approximate surface area is 158 Å². The second-order valence-electron chi connectivity index (χ2n) is 7.02. The lowest BCUT2D eigenvalue weighted by Crippen LogP contribution is -2.48. The molecule has 0 spiro atoms. The van der Waals surface area contributed by atoms with E-state index in [0.717, 1.165) is 25.2 Å². The van der Waals surface area contributed by atoms with Crippen LogP contribution < -0.4 is 16.2 Å². The predicted molar refractivity (Wildman–Crippen MR) is 105 cm³/mol. The Morgan fingerprint density at radius 3 is 2.93 bits per heavy atom. The van der Waals surface area contributed by atoms with E-state index in [1.165, 1.54) is 25.3 Å². The van der Waals surface area contributed by atoms with Crippen LogP contribution in [0.4, 0.5) is 5.95 Å². The lowest BCUT2D eigenvalue weighted by Gasteiger charge is -2.31. The molecule has 2 aromatic rings. The van der Waals surface area contributed by atoms with Gasteiger partial charge in [-0.25, -0.2) is 4.98 Å². The topological polar surface area (TPSA) is 87.4 Å². The first-order valence-corrected chi connectivity index (χ1v) is 9.51. The first-order chi connectivity index (χ1) is 13.2. The van der Waals surface area contributed by atoms with E-state index in [2.05, 4.69) is 30.5 Å². The third kappa shape index (κ3) is 4.00. The molecule has 1 atom stereocenters. The molecule has 2 aliphatic heterocycles. The summed E-state index contributed by atoms with van der Waals surface area (Å²) in [7, 11) is 0. The van der Waals surface area contributed by atoms with Gasteiger partial charge in [0, 0.05) is 36.3 Å². The molecule has 8 heteroatoms. The molecule has 8 nitrogen and oxygen atoms in total. The van der Waals surface area contributed by atoms with Crippen molar-refractivity contribution in [2.45, 2.75) is 32.4 Å². The Kier molecular flexibility index (Phi) is 5.15. The largest absolute Gasteiger partial charge is 0.331 e. The van der Waals surface area contributed by atoms with Gasteiger partial charge < -0.3 is 10.2 Å². The van der Waals surface area contributed by atoms with Crippen LogP contribution in [0.3, 0.4) is 0 Å². The van der Waals surface area contributed by atoms with Crippen molar-refractivity contribution in [3.8, 4) is 0 Å². The molecule has 0 aromatic carbocycles. The van der Waals surface area contributed by atoms with E-state index in [1.54, 1.807) is 17.0 Å². The highest BCUT2D eigenvalue weighted by molar-refractivity contribution is 5.93. The Bertz CT molecular complexity index is 871. The van der Waals surface area contributed by atoms with E-state index in [-0.39, 0.29) is 11.7 Å². The number of piperidine rings is 1. The number of guanidine groups is 1. The summed E-state index contributed by atoms with van der Waals surface area (Å²) >= 11 is 0. The molecule has 4 heterocycles. The lowest BCUT2D eigenvalue weighted by molar-refractivity contribution is 0.235. The van der Waals surface area contributed by atoms with Gasteiger partial charge in [-0.2, -0.15) is 0 Å². The van der Waals surface area contributed by atoms with Crippen molar-refractivity contribution in [3.05, 3.63) is 52.2 Å².